The lowest BCUT2D eigenvalue weighted by Gasteiger charge is -2.12. The summed E-state index contributed by atoms with van der Waals surface area (Å²) >= 11 is 11.9. The van der Waals surface area contributed by atoms with E-state index >= 15 is 0 Å². The molecule has 1 amide bonds. The molecule has 0 heterocycles. The molecule has 0 saturated carbocycles. The van der Waals surface area contributed by atoms with Crippen molar-refractivity contribution in [3.8, 4) is 5.75 Å². The molecule has 0 radical (unpaired) electrons. The Morgan fingerprint density at radius 2 is 1.76 bits per heavy atom. The number of carbonyl (C=O) groups is 1. The Morgan fingerprint density at radius 1 is 1.06 bits per heavy atom. The fraction of sp³-hybridized carbons (Fsp3) is 0.0952. The highest BCUT2D eigenvalue weighted by atomic mass is 35.5. The topological polar surface area (TPSA) is 128 Å². The zero-order valence-corrected chi connectivity index (χ0v) is 19.4. The van der Waals surface area contributed by atoms with Gasteiger partial charge in [-0.3, -0.25) is 19.6 Å². The third-order valence-electron chi connectivity index (χ3n) is 4.37. The zero-order chi connectivity index (χ0) is 24.2. The molecule has 0 unspecified atom stereocenters. The van der Waals surface area contributed by atoms with Gasteiger partial charge in [-0.2, -0.15) is 0 Å². The van der Waals surface area contributed by atoms with Crippen molar-refractivity contribution in [3.05, 3.63) is 86.4 Å². The summed E-state index contributed by atoms with van der Waals surface area (Å²) in [7, 11) is -3.92. The second kappa shape index (κ2) is 10.1. The van der Waals surface area contributed by atoms with Crippen LogP contribution in [0.4, 0.5) is 17.1 Å². The van der Waals surface area contributed by atoms with Crippen molar-refractivity contribution in [2.75, 3.05) is 16.6 Å². The second-order valence-corrected chi connectivity index (χ2v) is 9.32. The molecule has 3 aromatic carbocycles. The number of carbonyl (C=O) groups excluding carboxylic acids is 1. The highest BCUT2D eigenvalue weighted by molar-refractivity contribution is 7.92. The number of non-ortho nitro benzene ring substituents is 1. The van der Waals surface area contributed by atoms with E-state index in [2.05, 4.69) is 10.0 Å². The van der Waals surface area contributed by atoms with Gasteiger partial charge in [-0.15, -0.1) is 0 Å². The summed E-state index contributed by atoms with van der Waals surface area (Å²) in [6.07, 6.45) is 0. The number of nitrogens with zero attached hydrogens (tertiary/aromatic N) is 1. The molecule has 9 nitrogen and oxygen atoms in total. The van der Waals surface area contributed by atoms with Gasteiger partial charge in [-0.05, 0) is 55.0 Å². The average Bonchev–Trinajstić information content (AvgIpc) is 2.75. The Morgan fingerprint density at radius 3 is 2.39 bits per heavy atom. The van der Waals surface area contributed by atoms with Gasteiger partial charge >= 0.3 is 0 Å². The number of rotatable bonds is 8. The smallest absolute Gasteiger partial charge is 0.271 e. The monoisotopic (exact) mass is 509 g/mol. The van der Waals surface area contributed by atoms with Crippen LogP contribution in [0.3, 0.4) is 0 Å². The molecule has 0 aliphatic rings. The number of anilines is 2. The summed E-state index contributed by atoms with van der Waals surface area (Å²) in [4.78, 5) is 22.5. The first kappa shape index (κ1) is 24.3. The Bertz CT molecular complexity index is 1310. The van der Waals surface area contributed by atoms with E-state index in [0.717, 1.165) is 0 Å². The van der Waals surface area contributed by atoms with E-state index in [0.29, 0.717) is 16.3 Å². The molecular formula is C21H17Cl2N3O6S. The van der Waals surface area contributed by atoms with Crippen LogP contribution in [0, 0.1) is 17.0 Å². The first-order valence-electron chi connectivity index (χ1n) is 9.31. The van der Waals surface area contributed by atoms with E-state index in [-0.39, 0.29) is 27.0 Å². The zero-order valence-electron chi connectivity index (χ0n) is 17.0. The van der Waals surface area contributed by atoms with Gasteiger partial charge in [0.1, 0.15) is 5.75 Å². The van der Waals surface area contributed by atoms with Crippen LogP contribution in [0.5, 0.6) is 5.75 Å². The molecule has 33 heavy (non-hydrogen) atoms. The number of nitro groups is 1. The van der Waals surface area contributed by atoms with Crippen LogP contribution < -0.4 is 14.8 Å². The molecule has 0 aliphatic heterocycles. The number of benzene rings is 3. The van der Waals surface area contributed by atoms with Crippen LogP contribution in [-0.4, -0.2) is 25.9 Å². The summed E-state index contributed by atoms with van der Waals surface area (Å²) in [5.41, 5.74) is 1.07. The minimum atomic E-state index is -3.92. The largest absolute Gasteiger partial charge is 0.482 e. The van der Waals surface area contributed by atoms with Gasteiger partial charge in [0.25, 0.3) is 21.6 Å². The lowest BCUT2D eigenvalue weighted by molar-refractivity contribution is -0.384. The normalized spacial score (nSPS) is 11.0. The highest BCUT2D eigenvalue weighted by Gasteiger charge is 2.17. The maximum Gasteiger partial charge on any atom is 0.271 e. The van der Waals surface area contributed by atoms with Gasteiger partial charge in [-0.25, -0.2) is 8.42 Å². The Balaban J connectivity index is 1.66. The van der Waals surface area contributed by atoms with Crippen molar-refractivity contribution in [1.82, 2.24) is 0 Å². The van der Waals surface area contributed by atoms with Gasteiger partial charge < -0.3 is 10.1 Å². The summed E-state index contributed by atoms with van der Waals surface area (Å²) < 4.78 is 32.9. The van der Waals surface area contributed by atoms with E-state index in [1.165, 1.54) is 48.5 Å². The second-order valence-electron chi connectivity index (χ2n) is 6.80. The van der Waals surface area contributed by atoms with Gasteiger partial charge in [-0.1, -0.05) is 29.3 Å². The number of halogens is 2. The van der Waals surface area contributed by atoms with Crippen LogP contribution in [0.15, 0.2) is 65.6 Å². The lowest BCUT2D eigenvalue weighted by atomic mass is 10.2. The number of amides is 1. The molecule has 0 bridgehead atoms. The summed E-state index contributed by atoms with van der Waals surface area (Å²) in [6.45, 7) is 1.24. The fourth-order valence-electron chi connectivity index (χ4n) is 2.69. The lowest BCUT2D eigenvalue weighted by Crippen LogP contribution is -2.21. The number of sulfonamides is 1. The number of nitrogens with one attached hydrogen (secondary N) is 2. The third kappa shape index (κ3) is 6.35. The molecule has 3 rings (SSSR count). The van der Waals surface area contributed by atoms with Crippen molar-refractivity contribution < 1.29 is 22.9 Å². The van der Waals surface area contributed by atoms with Crippen molar-refractivity contribution in [2.24, 2.45) is 0 Å². The summed E-state index contributed by atoms with van der Waals surface area (Å²) in [6, 6.07) is 14.0. The number of aryl methyl sites for hydroxylation is 1. The number of ether oxygens (including phenoxy) is 1. The van der Waals surface area contributed by atoms with Crippen molar-refractivity contribution in [3.63, 3.8) is 0 Å². The van der Waals surface area contributed by atoms with Gasteiger partial charge in [0, 0.05) is 22.8 Å². The Hall–Kier alpha value is -3.34. The van der Waals surface area contributed by atoms with Crippen LogP contribution >= 0.6 is 23.2 Å². The van der Waals surface area contributed by atoms with Crippen LogP contribution in [-0.2, 0) is 14.8 Å². The van der Waals surface area contributed by atoms with E-state index in [9.17, 15) is 23.3 Å². The van der Waals surface area contributed by atoms with E-state index in [1.54, 1.807) is 19.1 Å². The molecule has 0 fully saturated rings. The number of hydrogen-bond donors (Lipinski definition) is 2. The van der Waals surface area contributed by atoms with E-state index < -0.39 is 27.5 Å². The van der Waals surface area contributed by atoms with Gasteiger partial charge in [0.05, 0.1) is 20.5 Å². The van der Waals surface area contributed by atoms with Crippen molar-refractivity contribution in [2.45, 2.75) is 11.8 Å². The van der Waals surface area contributed by atoms with Crippen LogP contribution in [0.1, 0.15) is 5.56 Å². The van der Waals surface area contributed by atoms with Gasteiger partial charge in [0.15, 0.2) is 6.61 Å². The summed E-state index contributed by atoms with van der Waals surface area (Å²) in [5, 5.41) is 13.9. The Labute approximate surface area is 199 Å². The molecule has 172 valence electrons. The predicted molar refractivity (Wildman–Crippen MR) is 126 cm³/mol. The number of hydrogen-bond acceptors (Lipinski definition) is 6. The molecule has 0 saturated heterocycles. The molecule has 0 aliphatic carbocycles. The van der Waals surface area contributed by atoms with Gasteiger partial charge in [0.2, 0.25) is 0 Å². The van der Waals surface area contributed by atoms with Crippen molar-refractivity contribution in [1.29, 1.82) is 0 Å². The molecular weight excluding hydrogens is 493 g/mol. The number of nitro benzene ring substituents is 1. The molecule has 0 atom stereocenters. The quantitative estimate of drug-likeness (QED) is 0.323. The van der Waals surface area contributed by atoms with Crippen LogP contribution in [0.25, 0.3) is 0 Å². The molecule has 0 spiro atoms. The maximum atomic E-state index is 12.6. The standard InChI is InChI=1S/C21H17Cl2N3O6S/c1-13-2-7-16(26(28)29)10-19(13)24-21(27)12-32-20-9-8-17(11-18(20)23)33(30,31)25-15-5-3-14(22)4-6-15/h2-11,25H,12H2,1H3,(H,24,27). The summed E-state index contributed by atoms with van der Waals surface area (Å²) in [5.74, 6) is -0.483. The average molecular weight is 510 g/mol. The minimum absolute atomic E-state index is 0.0201. The predicted octanol–water partition coefficient (Wildman–Crippen LogP) is 5.03. The molecule has 12 heteroatoms. The molecule has 3 aromatic rings. The van der Waals surface area contributed by atoms with E-state index in [1.807, 2.05) is 0 Å². The highest BCUT2D eigenvalue weighted by Crippen LogP contribution is 2.29. The first-order chi connectivity index (χ1) is 15.5. The molecule has 0 aromatic heterocycles. The third-order valence-corrected chi connectivity index (χ3v) is 6.30. The Kier molecular flexibility index (Phi) is 7.42. The maximum absolute atomic E-state index is 12.6. The van der Waals surface area contributed by atoms with Crippen LogP contribution in [0.2, 0.25) is 10.0 Å². The minimum Gasteiger partial charge on any atom is -0.482 e. The first-order valence-corrected chi connectivity index (χ1v) is 11.5. The molecule has 2 N–H and O–H groups in total. The SMILES string of the molecule is Cc1ccc([N+](=O)[O-])cc1NC(=O)COc1ccc(S(=O)(=O)Nc2ccc(Cl)cc2)cc1Cl. The van der Waals surface area contributed by atoms with Crippen molar-refractivity contribution >= 4 is 56.2 Å². The fourth-order valence-corrected chi connectivity index (χ4v) is 4.20. The van der Waals surface area contributed by atoms with E-state index in [4.69, 9.17) is 27.9 Å².